The van der Waals surface area contributed by atoms with Crippen LogP contribution in [-0.2, 0) is 16.1 Å². The Morgan fingerprint density at radius 1 is 1.19 bits per heavy atom. The van der Waals surface area contributed by atoms with Crippen molar-refractivity contribution in [1.82, 2.24) is 14.8 Å². The van der Waals surface area contributed by atoms with Gasteiger partial charge in [0, 0.05) is 30.6 Å². The number of amides is 2. The third kappa shape index (κ3) is 3.66. The summed E-state index contributed by atoms with van der Waals surface area (Å²) in [5.74, 6) is 0.565. The lowest BCUT2D eigenvalue weighted by molar-refractivity contribution is -0.134. The van der Waals surface area contributed by atoms with Gasteiger partial charge in [-0.2, -0.15) is 0 Å². The average molecular weight is 440 g/mol. The molecule has 1 aliphatic carbocycles. The molecule has 2 atom stereocenters. The van der Waals surface area contributed by atoms with Gasteiger partial charge in [0.15, 0.2) is 0 Å². The molecule has 3 aliphatic rings. The number of ether oxygens (including phenoxy) is 2. The number of aromatic nitrogens is 1. The SMILES string of the molecule is COc1ccc2cc3n(c2c1)C[C@@](C)(C(=O)NC1CCCCC1)N(C[C@H]1CCCO1)C3=O. The van der Waals surface area contributed by atoms with E-state index in [-0.39, 0.29) is 24.0 Å². The van der Waals surface area contributed by atoms with E-state index in [2.05, 4.69) is 5.32 Å². The fourth-order valence-corrected chi connectivity index (χ4v) is 5.52. The molecule has 2 fully saturated rings. The highest BCUT2D eigenvalue weighted by Gasteiger charge is 2.49. The van der Waals surface area contributed by atoms with Crippen LogP contribution in [0.15, 0.2) is 24.3 Å². The third-order valence-corrected chi connectivity index (χ3v) is 7.48. The number of hydrogen-bond donors (Lipinski definition) is 1. The summed E-state index contributed by atoms with van der Waals surface area (Å²) in [6, 6.07) is 7.93. The summed E-state index contributed by atoms with van der Waals surface area (Å²) in [4.78, 5) is 29.3. The van der Waals surface area contributed by atoms with Crippen LogP contribution < -0.4 is 10.1 Å². The first kappa shape index (κ1) is 21.3. The first-order valence-corrected chi connectivity index (χ1v) is 11.9. The summed E-state index contributed by atoms with van der Waals surface area (Å²) in [7, 11) is 1.64. The molecule has 2 aliphatic heterocycles. The number of rotatable bonds is 5. The predicted octanol–water partition coefficient (Wildman–Crippen LogP) is 3.49. The predicted molar refractivity (Wildman–Crippen MR) is 122 cm³/mol. The van der Waals surface area contributed by atoms with E-state index in [9.17, 15) is 9.59 Å². The van der Waals surface area contributed by atoms with E-state index in [1.807, 2.05) is 35.8 Å². The molecule has 2 amide bonds. The molecular weight excluding hydrogens is 406 g/mol. The lowest BCUT2D eigenvalue weighted by Gasteiger charge is -2.45. The Kier molecular flexibility index (Phi) is 5.61. The van der Waals surface area contributed by atoms with E-state index in [1.54, 1.807) is 12.0 Å². The average Bonchev–Trinajstić information content (AvgIpc) is 3.45. The zero-order valence-corrected chi connectivity index (χ0v) is 19.1. The van der Waals surface area contributed by atoms with Gasteiger partial charge < -0.3 is 24.3 Å². The highest BCUT2D eigenvalue weighted by Crippen LogP contribution is 2.35. The van der Waals surface area contributed by atoms with Gasteiger partial charge >= 0.3 is 0 Å². The van der Waals surface area contributed by atoms with E-state index in [1.165, 1.54) is 6.42 Å². The van der Waals surface area contributed by atoms with Crippen molar-refractivity contribution < 1.29 is 19.1 Å². The van der Waals surface area contributed by atoms with Crippen LogP contribution in [0, 0.1) is 0 Å². The van der Waals surface area contributed by atoms with E-state index >= 15 is 0 Å². The van der Waals surface area contributed by atoms with Gasteiger partial charge in [0.05, 0.1) is 25.3 Å². The van der Waals surface area contributed by atoms with Gasteiger partial charge in [0.25, 0.3) is 5.91 Å². The van der Waals surface area contributed by atoms with Crippen LogP contribution in [-0.4, -0.2) is 59.2 Å². The molecule has 1 saturated heterocycles. The molecule has 1 N–H and O–H groups in total. The van der Waals surface area contributed by atoms with Crippen molar-refractivity contribution in [3.8, 4) is 5.75 Å². The number of nitrogens with one attached hydrogen (secondary N) is 1. The van der Waals surface area contributed by atoms with Gasteiger partial charge in [-0.1, -0.05) is 19.3 Å². The second-order valence-electron chi connectivity index (χ2n) is 9.67. The Hall–Kier alpha value is -2.54. The van der Waals surface area contributed by atoms with Crippen molar-refractivity contribution in [1.29, 1.82) is 0 Å². The number of fused-ring (bicyclic) bond motifs is 3. The van der Waals surface area contributed by atoms with Crippen LogP contribution in [0.1, 0.15) is 62.4 Å². The maximum absolute atomic E-state index is 13.8. The zero-order valence-electron chi connectivity index (χ0n) is 19.1. The molecule has 5 rings (SSSR count). The number of benzene rings is 1. The lowest BCUT2D eigenvalue weighted by atomic mass is 9.91. The first-order valence-electron chi connectivity index (χ1n) is 11.9. The quantitative estimate of drug-likeness (QED) is 0.774. The van der Waals surface area contributed by atoms with Crippen LogP contribution in [0.4, 0.5) is 0 Å². The standard InChI is InChI=1S/C25H33N3O4/c1-25(24(30)26-18-7-4-3-5-8-18)16-27-21-14-19(31-2)11-10-17(21)13-22(27)23(29)28(25)15-20-9-6-12-32-20/h10-11,13-14,18,20H,3-9,12,15-16H2,1-2H3,(H,26,30)/t20-,25+/m1/s1. The molecule has 172 valence electrons. The first-order chi connectivity index (χ1) is 15.5. The van der Waals surface area contributed by atoms with Crippen LogP contribution in [0.2, 0.25) is 0 Å². The second-order valence-corrected chi connectivity index (χ2v) is 9.67. The molecule has 2 aromatic rings. The Morgan fingerprint density at radius 2 is 2.00 bits per heavy atom. The van der Waals surface area contributed by atoms with E-state index in [4.69, 9.17) is 9.47 Å². The molecular formula is C25H33N3O4. The molecule has 7 nitrogen and oxygen atoms in total. The molecule has 7 heteroatoms. The normalized spacial score (nSPS) is 26.4. The van der Waals surface area contributed by atoms with E-state index < -0.39 is 5.54 Å². The molecule has 0 unspecified atom stereocenters. The van der Waals surface area contributed by atoms with Gasteiger partial charge in [-0.3, -0.25) is 9.59 Å². The van der Waals surface area contributed by atoms with Gasteiger partial charge in [0.2, 0.25) is 5.91 Å². The Labute approximate surface area is 189 Å². The van der Waals surface area contributed by atoms with E-state index in [0.717, 1.165) is 61.8 Å². The van der Waals surface area contributed by atoms with Crippen molar-refractivity contribution in [2.24, 2.45) is 0 Å². The largest absolute Gasteiger partial charge is 0.497 e. The van der Waals surface area contributed by atoms with Crippen molar-refractivity contribution >= 4 is 22.7 Å². The molecule has 0 radical (unpaired) electrons. The Morgan fingerprint density at radius 3 is 2.72 bits per heavy atom. The number of methoxy groups -OCH3 is 1. The summed E-state index contributed by atoms with van der Waals surface area (Å²) >= 11 is 0. The summed E-state index contributed by atoms with van der Waals surface area (Å²) in [6.07, 6.45) is 7.44. The summed E-state index contributed by atoms with van der Waals surface area (Å²) in [5.41, 5.74) is 0.554. The lowest BCUT2D eigenvalue weighted by Crippen LogP contribution is -2.66. The van der Waals surface area contributed by atoms with Crippen molar-refractivity contribution in [3.05, 3.63) is 30.0 Å². The molecule has 32 heavy (non-hydrogen) atoms. The smallest absolute Gasteiger partial charge is 0.271 e. The van der Waals surface area contributed by atoms with Crippen molar-refractivity contribution in [2.45, 2.75) is 76.1 Å². The van der Waals surface area contributed by atoms with Gasteiger partial charge in [-0.05, 0) is 50.8 Å². The Balaban J connectivity index is 1.53. The summed E-state index contributed by atoms with van der Waals surface area (Å²) in [5, 5.41) is 4.26. The van der Waals surface area contributed by atoms with E-state index in [0.29, 0.717) is 18.8 Å². The summed E-state index contributed by atoms with van der Waals surface area (Å²) in [6.45, 7) is 3.49. The number of hydrogen-bond acceptors (Lipinski definition) is 4. The Bertz CT molecular complexity index is 1020. The van der Waals surface area contributed by atoms with Crippen LogP contribution in [0.5, 0.6) is 5.75 Å². The molecule has 1 aromatic heterocycles. The molecule has 3 heterocycles. The van der Waals surface area contributed by atoms with Crippen LogP contribution >= 0.6 is 0 Å². The van der Waals surface area contributed by atoms with Gasteiger partial charge in [-0.15, -0.1) is 0 Å². The summed E-state index contributed by atoms with van der Waals surface area (Å²) < 4.78 is 13.3. The van der Waals surface area contributed by atoms with Gasteiger partial charge in [0.1, 0.15) is 17.0 Å². The monoisotopic (exact) mass is 439 g/mol. The molecule has 0 spiro atoms. The second kappa shape index (κ2) is 8.43. The minimum Gasteiger partial charge on any atom is -0.497 e. The molecule has 0 bridgehead atoms. The van der Waals surface area contributed by atoms with Crippen LogP contribution in [0.25, 0.3) is 10.9 Å². The van der Waals surface area contributed by atoms with Gasteiger partial charge in [-0.25, -0.2) is 0 Å². The maximum Gasteiger partial charge on any atom is 0.271 e. The minimum atomic E-state index is -0.984. The highest BCUT2D eigenvalue weighted by atomic mass is 16.5. The van der Waals surface area contributed by atoms with Crippen LogP contribution in [0.3, 0.4) is 0 Å². The molecule has 1 aromatic carbocycles. The van der Waals surface area contributed by atoms with Crippen molar-refractivity contribution in [2.75, 3.05) is 20.3 Å². The number of carbonyl (C=O) groups excluding carboxylic acids is 2. The fourth-order valence-electron chi connectivity index (χ4n) is 5.52. The topological polar surface area (TPSA) is 72.8 Å². The minimum absolute atomic E-state index is 0.0169. The highest BCUT2D eigenvalue weighted by molar-refractivity contribution is 6.03. The number of carbonyl (C=O) groups is 2. The maximum atomic E-state index is 13.8. The zero-order chi connectivity index (χ0) is 22.3. The third-order valence-electron chi connectivity index (χ3n) is 7.48. The fraction of sp³-hybridized carbons (Fsp3) is 0.600. The van der Waals surface area contributed by atoms with Crippen molar-refractivity contribution in [3.63, 3.8) is 0 Å². The molecule has 1 saturated carbocycles. The number of nitrogens with zero attached hydrogens (tertiary/aromatic N) is 2.